The van der Waals surface area contributed by atoms with Crippen LogP contribution in [0, 0.1) is 0 Å². The first-order valence-corrected chi connectivity index (χ1v) is 7.54. The summed E-state index contributed by atoms with van der Waals surface area (Å²) in [6.45, 7) is 3.79. The topological polar surface area (TPSA) is 59.1 Å². The van der Waals surface area contributed by atoms with Gasteiger partial charge in [-0.1, -0.05) is 22.9 Å². The van der Waals surface area contributed by atoms with Gasteiger partial charge in [-0.25, -0.2) is 13.1 Å². The van der Waals surface area contributed by atoms with Gasteiger partial charge in [0.05, 0.1) is 0 Å². The van der Waals surface area contributed by atoms with Crippen LogP contribution in [0.4, 0.5) is 0 Å². The minimum absolute atomic E-state index is 0.190. The Morgan fingerprint density at radius 2 is 2.25 bits per heavy atom. The highest BCUT2D eigenvalue weighted by atomic mass is 79.9. The number of nitrogens with zero attached hydrogens (tertiary/aromatic N) is 1. The number of alkyl halides is 1. The van der Waals surface area contributed by atoms with Crippen LogP contribution >= 0.6 is 15.9 Å². The average molecular weight is 307 g/mol. The predicted octanol–water partition coefficient (Wildman–Crippen LogP) is 1.92. The summed E-state index contributed by atoms with van der Waals surface area (Å²) in [4.78, 5) is 3.99. The molecule has 0 bridgehead atoms. The van der Waals surface area contributed by atoms with E-state index in [1.54, 1.807) is 12.3 Å². The third kappa shape index (κ3) is 3.26. The number of hydrogen-bond donors (Lipinski definition) is 1. The highest BCUT2D eigenvalue weighted by Crippen LogP contribution is 2.17. The van der Waals surface area contributed by atoms with Crippen LogP contribution in [0.3, 0.4) is 0 Å². The predicted molar refractivity (Wildman–Crippen MR) is 67.0 cm³/mol. The summed E-state index contributed by atoms with van der Waals surface area (Å²) in [5.41, 5.74) is -0.478. The maximum atomic E-state index is 12.0. The molecule has 0 spiro atoms. The van der Waals surface area contributed by atoms with Crippen molar-refractivity contribution in [3.63, 3.8) is 0 Å². The van der Waals surface area contributed by atoms with Gasteiger partial charge in [0.2, 0.25) is 10.0 Å². The van der Waals surface area contributed by atoms with Crippen LogP contribution < -0.4 is 4.72 Å². The Hall–Kier alpha value is -0.460. The van der Waals surface area contributed by atoms with E-state index in [1.807, 2.05) is 13.8 Å². The van der Waals surface area contributed by atoms with Crippen molar-refractivity contribution in [2.24, 2.45) is 0 Å². The second-order valence-corrected chi connectivity index (χ2v) is 6.09. The Labute approximate surface area is 105 Å². The van der Waals surface area contributed by atoms with Crippen molar-refractivity contribution in [1.82, 2.24) is 9.71 Å². The quantitative estimate of drug-likeness (QED) is 0.846. The minimum Gasteiger partial charge on any atom is -0.263 e. The van der Waals surface area contributed by atoms with Crippen LogP contribution in [0.15, 0.2) is 29.4 Å². The smallest absolute Gasteiger partial charge is 0.242 e. The molecule has 0 aliphatic carbocycles. The molecular formula is C10H15BrN2O2S. The number of pyridine rings is 1. The Bertz CT molecular complexity index is 429. The summed E-state index contributed by atoms with van der Waals surface area (Å²) >= 11 is 3.31. The number of rotatable bonds is 5. The molecule has 0 fully saturated rings. The maximum Gasteiger partial charge on any atom is 0.242 e. The Balaban J connectivity index is 2.97. The van der Waals surface area contributed by atoms with E-state index >= 15 is 0 Å². The lowest BCUT2D eigenvalue weighted by molar-refractivity contribution is 0.449. The number of halogens is 1. The van der Waals surface area contributed by atoms with Gasteiger partial charge < -0.3 is 0 Å². The Morgan fingerprint density at radius 3 is 2.69 bits per heavy atom. The molecule has 0 aliphatic rings. The molecule has 1 aromatic rings. The van der Waals surface area contributed by atoms with Crippen molar-refractivity contribution in [3.05, 3.63) is 24.5 Å². The van der Waals surface area contributed by atoms with E-state index in [9.17, 15) is 8.42 Å². The second kappa shape index (κ2) is 5.25. The lowest BCUT2D eigenvalue weighted by Crippen LogP contribution is -2.46. The van der Waals surface area contributed by atoms with Crippen molar-refractivity contribution in [2.75, 3.05) is 5.33 Å². The van der Waals surface area contributed by atoms with Gasteiger partial charge in [0, 0.05) is 23.3 Å². The zero-order valence-corrected chi connectivity index (χ0v) is 11.7. The molecule has 6 heteroatoms. The van der Waals surface area contributed by atoms with Crippen LogP contribution in [-0.4, -0.2) is 24.3 Å². The highest BCUT2D eigenvalue weighted by Gasteiger charge is 2.27. The molecular weight excluding hydrogens is 292 g/mol. The number of hydrogen-bond acceptors (Lipinski definition) is 3. The SMILES string of the molecule is CCC(C)(CBr)NS(=O)(=O)c1cccnc1. The minimum atomic E-state index is -3.48. The number of nitrogens with one attached hydrogen (secondary N) is 1. The average Bonchev–Trinajstić information content (AvgIpc) is 2.29. The van der Waals surface area contributed by atoms with Crippen molar-refractivity contribution in [3.8, 4) is 0 Å². The molecule has 90 valence electrons. The lowest BCUT2D eigenvalue weighted by atomic mass is 10.0. The summed E-state index contributed by atoms with van der Waals surface area (Å²) in [7, 11) is -3.48. The molecule has 1 unspecified atom stereocenters. The molecule has 16 heavy (non-hydrogen) atoms. The van der Waals surface area contributed by atoms with E-state index in [2.05, 4.69) is 25.6 Å². The number of aromatic nitrogens is 1. The van der Waals surface area contributed by atoms with Gasteiger partial charge in [-0.15, -0.1) is 0 Å². The second-order valence-electron chi connectivity index (χ2n) is 3.84. The zero-order chi connectivity index (χ0) is 12.2. The van der Waals surface area contributed by atoms with Gasteiger partial charge in [-0.3, -0.25) is 4.98 Å². The molecule has 0 saturated carbocycles. The molecule has 0 aromatic carbocycles. The largest absolute Gasteiger partial charge is 0.263 e. The fourth-order valence-corrected chi connectivity index (χ4v) is 3.25. The van der Waals surface area contributed by atoms with Gasteiger partial charge in [-0.2, -0.15) is 0 Å². The molecule has 1 rings (SSSR count). The van der Waals surface area contributed by atoms with E-state index in [4.69, 9.17) is 0 Å². The monoisotopic (exact) mass is 306 g/mol. The van der Waals surface area contributed by atoms with Crippen molar-refractivity contribution >= 4 is 26.0 Å². The summed E-state index contributed by atoms with van der Waals surface area (Å²) in [5.74, 6) is 0. The number of sulfonamides is 1. The van der Waals surface area contributed by atoms with Gasteiger partial charge in [0.1, 0.15) is 4.90 Å². The molecule has 0 aliphatic heterocycles. The van der Waals surface area contributed by atoms with E-state index in [0.717, 1.165) is 0 Å². The fourth-order valence-electron chi connectivity index (χ4n) is 1.08. The van der Waals surface area contributed by atoms with Crippen LogP contribution in [0.5, 0.6) is 0 Å². The summed E-state index contributed by atoms with van der Waals surface area (Å²) in [6.07, 6.45) is 3.59. The summed E-state index contributed by atoms with van der Waals surface area (Å²) < 4.78 is 26.7. The molecule has 1 N–H and O–H groups in total. The van der Waals surface area contributed by atoms with Gasteiger partial charge >= 0.3 is 0 Å². The van der Waals surface area contributed by atoms with Crippen LogP contribution in [0.1, 0.15) is 20.3 Å². The standard InChI is InChI=1S/C10H15BrN2O2S/c1-3-10(2,8-11)13-16(14,15)9-5-4-6-12-7-9/h4-7,13H,3,8H2,1-2H3. The molecule has 1 atom stereocenters. The highest BCUT2D eigenvalue weighted by molar-refractivity contribution is 9.09. The normalized spacial score (nSPS) is 15.7. The van der Waals surface area contributed by atoms with Crippen molar-refractivity contribution < 1.29 is 8.42 Å². The van der Waals surface area contributed by atoms with Gasteiger partial charge in [-0.05, 0) is 25.5 Å². The molecule has 1 aromatic heterocycles. The lowest BCUT2D eigenvalue weighted by Gasteiger charge is -2.26. The van der Waals surface area contributed by atoms with E-state index in [1.165, 1.54) is 12.3 Å². The van der Waals surface area contributed by atoms with Crippen LogP contribution in [0.2, 0.25) is 0 Å². The zero-order valence-electron chi connectivity index (χ0n) is 9.27. The Morgan fingerprint density at radius 1 is 1.56 bits per heavy atom. The van der Waals surface area contributed by atoms with Crippen LogP contribution in [-0.2, 0) is 10.0 Å². The third-order valence-electron chi connectivity index (χ3n) is 2.40. The van der Waals surface area contributed by atoms with E-state index < -0.39 is 15.6 Å². The maximum absolute atomic E-state index is 12.0. The molecule has 4 nitrogen and oxygen atoms in total. The first-order chi connectivity index (χ1) is 7.43. The van der Waals surface area contributed by atoms with Crippen molar-refractivity contribution in [2.45, 2.75) is 30.7 Å². The first kappa shape index (κ1) is 13.6. The van der Waals surface area contributed by atoms with Crippen LogP contribution in [0.25, 0.3) is 0 Å². The third-order valence-corrected chi connectivity index (χ3v) is 5.26. The van der Waals surface area contributed by atoms with Crippen molar-refractivity contribution in [1.29, 1.82) is 0 Å². The van der Waals surface area contributed by atoms with E-state index in [-0.39, 0.29) is 4.90 Å². The molecule has 1 heterocycles. The molecule has 0 radical (unpaired) electrons. The fraction of sp³-hybridized carbons (Fsp3) is 0.500. The van der Waals surface area contributed by atoms with Gasteiger partial charge in [0.15, 0.2) is 0 Å². The molecule has 0 saturated heterocycles. The van der Waals surface area contributed by atoms with E-state index in [0.29, 0.717) is 11.8 Å². The molecule has 0 amide bonds. The summed E-state index contributed by atoms with van der Waals surface area (Å²) in [5, 5.41) is 0.565. The first-order valence-electron chi connectivity index (χ1n) is 4.93. The van der Waals surface area contributed by atoms with Gasteiger partial charge in [0.25, 0.3) is 0 Å². The Kier molecular flexibility index (Phi) is 4.46. The summed E-state index contributed by atoms with van der Waals surface area (Å²) in [6, 6.07) is 3.13.